The first-order valence-electron chi connectivity index (χ1n) is 5.85. The fourth-order valence-electron chi connectivity index (χ4n) is 2.41. The molecule has 1 saturated carbocycles. The molecule has 0 aromatic carbocycles. The monoisotopic (exact) mass is 234 g/mol. The van der Waals surface area contributed by atoms with Gasteiger partial charge in [-0.1, -0.05) is 31.4 Å². The number of halogens is 1. The SMILES string of the molecule is CCc1cc(C2CCCC2)nc(Cl)c1C#N. The smallest absolute Gasteiger partial charge is 0.147 e. The van der Waals surface area contributed by atoms with Gasteiger partial charge in [0.1, 0.15) is 11.2 Å². The molecule has 0 atom stereocenters. The highest BCUT2D eigenvalue weighted by molar-refractivity contribution is 6.30. The molecule has 1 aliphatic rings. The van der Waals surface area contributed by atoms with Gasteiger partial charge in [0.25, 0.3) is 0 Å². The highest BCUT2D eigenvalue weighted by Gasteiger charge is 2.20. The molecule has 3 heteroatoms. The second-order valence-corrected chi connectivity index (χ2v) is 4.68. The van der Waals surface area contributed by atoms with Crippen LogP contribution >= 0.6 is 11.6 Å². The summed E-state index contributed by atoms with van der Waals surface area (Å²) in [5.41, 5.74) is 2.66. The summed E-state index contributed by atoms with van der Waals surface area (Å²) in [6.07, 6.45) is 5.82. The van der Waals surface area contributed by atoms with Gasteiger partial charge in [-0.25, -0.2) is 4.98 Å². The van der Waals surface area contributed by atoms with Crippen LogP contribution in [0.15, 0.2) is 6.07 Å². The van der Waals surface area contributed by atoms with Crippen molar-refractivity contribution in [2.75, 3.05) is 0 Å². The molecule has 16 heavy (non-hydrogen) atoms. The van der Waals surface area contributed by atoms with Crippen molar-refractivity contribution in [3.05, 3.63) is 28.0 Å². The molecule has 2 nitrogen and oxygen atoms in total. The highest BCUT2D eigenvalue weighted by atomic mass is 35.5. The van der Waals surface area contributed by atoms with Gasteiger partial charge in [0.15, 0.2) is 0 Å². The van der Waals surface area contributed by atoms with E-state index in [1.807, 2.05) is 6.92 Å². The van der Waals surface area contributed by atoms with Gasteiger partial charge in [0, 0.05) is 11.6 Å². The molecule has 0 saturated heterocycles. The van der Waals surface area contributed by atoms with Gasteiger partial charge in [-0.15, -0.1) is 0 Å². The summed E-state index contributed by atoms with van der Waals surface area (Å²) in [6, 6.07) is 4.21. The molecule has 0 bridgehead atoms. The quantitative estimate of drug-likeness (QED) is 0.730. The Bertz CT molecular complexity index is 428. The third kappa shape index (κ3) is 2.05. The van der Waals surface area contributed by atoms with Crippen LogP contribution in [0.3, 0.4) is 0 Å². The molecule has 0 spiro atoms. The highest BCUT2D eigenvalue weighted by Crippen LogP contribution is 2.34. The Hall–Kier alpha value is -1.07. The Morgan fingerprint density at radius 2 is 2.19 bits per heavy atom. The van der Waals surface area contributed by atoms with Crippen LogP contribution in [0, 0.1) is 11.3 Å². The molecule has 2 rings (SSSR count). The first kappa shape index (κ1) is 11.4. The molecular formula is C13H15ClN2. The molecule has 84 valence electrons. The number of nitriles is 1. The zero-order valence-corrected chi connectivity index (χ0v) is 10.2. The van der Waals surface area contributed by atoms with Crippen LogP contribution in [0.1, 0.15) is 55.3 Å². The zero-order chi connectivity index (χ0) is 11.5. The number of aryl methyl sites for hydroxylation is 1. The maximum Gasteiger partial charge on any atom is 0.147 e. The van der Waals surface area contributed by atoms with Gasteiger partial charge < -0.3 is 0 Å². The van der Waals surface area contributed by atoms with Crippen LogP contribution in [0.4, 0.5) is 0 Å². The van der Waals surface area contributed by atoms with E-state index >= 15 is 0 Å². The van der Waals surface area contributed by atoms with Gasteiger partial charge in [0.2, 0.25) is 0 Å². The van der Waals surface area contributed by atoms with Crippen molar-refractivity contribution in [3.8, 4) is 6.07 Å². The summed E-state index contributed by atoms with van der Waals surface area (Å²) in [4.78, 5) is 4.38. The Morgan fingerprint density at radius 1 is 1.50 bits per heavy atom. The molecule has 1 aromatic heterocycles. The van der Waals surface area contributed by atoms with E-state index in [2.05, 4.69) is 17.1 Å². The molecule has 0 amide bonds. The molecule has 1 heterocycles. The number of aromatic nitrogens is 1. The number of hydrogen-bond acceptors (Lipinski definition) is 2. The van der Waals surface area contributed by atoms with E-state index < -0.39 is 0 Å². The Kier molecular flexibility index (Phi) is 3.46. The minimum absolute atomic E-state index is 0.378. The molecule has 0 unspecified atom stereocenters. The first-order valence-corrected chi connectivity index (χ1v) is 6.23. The second-order valence-electron chi connectivity index (χ2n) is 4.32. The molecule has 1 aliphatic carbocycles. The molecule has 1 aromatic rings. The Labute approximate surface area is 101 Å². The van der Waals surface area contributed by atoms with Crippen LogP contribution in [0.2, 0.25) is 5.15 Å². The van der Waals surface area contributed by atoms with E-state index in [-0.39, 0.29) is 0 Å². The first-order chi connectivity index (χ1) is 7.76. The minimum Gasteiger partial charge on any atom is -0.239 e. The van der Waals surface area contributed by atoms with Crippen LogP contribution in [0.5, 0.6) is 0 Å². The van der Waals surface area contributed by atoms with E-state index in [1.165, 1.54) is 25.7 Å². The van der Waals surface area contributed by atoms with Crippen molar-refractivity contribution < 1.29 is 0 Å². The molecule has 0 aliphatic heterocycles. The van der Waals surface area contributed by atoms with Gasteiger partial charge in [-0.2, -0.15) is 5.26 Å². The lowest BCUT2D eigenvalue weighted by Gasteiger charge is -2.12. The normalized spacial score (nSPS) is 16.3. The van der Waals surface area contributed by atoms with Crippen molar-refractivity contribution in [2.45, 2.75) is 44.9 Å². The average molecular weight is 235 g/mol. The summed E-state index contributed by atoms with van der Waals surface area (Å²) < 4.78 is 0. The minimum atomic E-state index is 0.378. The van der Waals surface area contributed by atoms with Crippen molar-refractivity contribution in [2.24, 2.45) is 0 Å². The fourth-order valence-corrected chi connectivity index (χ4v) is 2.67. The lowest BCUT2D eigenvalue weighted by Crippen LogP contribution is -2.01. The van der Waals surface area contributed by atoms with Crippen molar-refractivity contribution in [3.63, 3.8) is 0 Å². The number of pyridine rings is 1. The van der Waals surface area contributed by atoms with Gasteiger partial charge in [0.05, 0.1) is 5.56 Å². The van der Waals surface area contributed by atoms with E-state index in [9.17, 15) is 0 Å². The van der Waals surface area contributed by atoms with Gasteiger partial charge in [-0.3, -0.25) is 0 Å². The maximum atomic E-state index is 9.01. The predicted octanol–water partition coefficient (Wildman–Crippen LogP) is 3.83. The van der Waals surface area contributed by atoms with Crippen molar-refractivity contribution in [1.29, 1.82) is 5.26 Å². The van der Waals surface area contributed by atoms with E-state index in [1.54, 1.807) is 0 Å². The van der Waals surface area contributed by atoms with Crippen LogP contribution in [-0.4, -0.2) is 4.98 Å². The topological polar surface area (TPSA) is 36.7 Å². The van der Waals surface area contributed by atoms with Crippen LogP contribution < -0.4 is 0 Å². The van der Waals surface area contributed by atoms with E-state index in [0.717, 1.165) is 17.7 Å². The predicted molar refractivity (Wildman–Crippen MR) is 64.5 cm³/mol. The summed E-state index contributed by atoms with van der Waals surface area (Å²) in [5.74, 6) is 0.551. The summed E-state index contributed by atoms with van der Waals surface area (Å²) in [6.45, 7) is 2.05. The standard InChI is InChI=1S/C13H15ClN2/c1-2-9-7-12(10-5-3-4-6-10)16-13(14)11(9)8-15/h7,10H,2-6H2,1H3. The Balaban J connectivity index is 2.41. The lowest BCUT2D eigenvalue weighted by molar-refractivity contribution is 0.695. The Morgan fingerprint density at radius 3 is 2.75 bits per heavy atom. The largest absolute Gasteiger partial charge is 0.239 e. The third-order valence-corrected chi connectivity index (χ3v) is 3.62. The van der Waals surface area contributed by atoms with Crippen molar-refractivity contribution >= 4 is 11.6 Å². The van der Waals surface area contributed by atoms with Crippen molar-refractivity contribution in [1.82, 2.24) is 4.98 Å². The lowest BCUT2D eigenvalue weighted by atomic mass is 9.99. The zero-order valence-electron chi connectivity index (χ0n) is 9.46. The van der Waals surface area contributed by atoms with Gasteiger partial charge in [-0.05, 0) is 30.9 Å². The number of rotatable bonds is 2. The van der Waals surface area contributed by atoms with Crippen LogP contribution in [-0.2, 0) is 6.42 Å². The van der Waals surface area contributed by atoms with Crippen LogP contribution in [0.25, 0.3) is 0 Å². The fraction of sp³-hybridized carbons (Fsp3) is 0.538. The summed E-state index contributed by atoms with van der Waals surface area (Å²) in [5, 5.41) is 9.39. The van der Waals surface area contributed by atoms with E-state index in [4.69, 9.17) is 16.9 Å². The molecule has 0 N–H and O–H groups in total. The molecule has 1 fully saturated rings. The average Bonchev–Trinajstić information content (AvgIpc) is 2.81. The van der Waals surface area contributed by atoms with E-state index in [0.29, 0.717) is 16.6 Å². The number of hydrogen-bond donors (Lipinski definition) is 0. The molecule has 0 radical (unpaired) electrons. The second kappa shape index (κ2) is 4.84. The summed E-state index contributed by atoms with van der Waals surface area (Å²) >= 11 is 6.06. The molecular weight excluding hydrogens is 220 g/mol. The maximum absolute atomic E-state index is 9.01. The third-order valence-electron chi connectivity index (χ3n) is 3.34. The summed E-state index contributed by atoms with van der Waals surface area (Å²) in [7, 11) is 0. The van der Waals surface area contributed by atoms with Gasteiger partial charge >= 0.3 is 0 Å². The number of nitrogens with zero attached hydrogens (tertiary/aromatic N) is 2.